The molecule has 0 bridgehead atoms. The van der Waals surface area contributed by atoms with E-state index >= 15 is 0 Å². The van der Waals surface area contributed by atoms with Gasteiger partial charge in [0.15, 0.2) is 0 Å². The van der Waals surface area contributed by atoms with Crippen LogP contribution in [0.15, 0.2) is 36.4 Å². The summed E-state index contributed by atoms with van der Waals surface area (Å²) in [6, 6.07) is 7.13. The molecule has 0 fully saturated rings. The second kappa shape index (κ2) is 6.10. The molecule has 0 atom stereocenters. The number of phenols is 1. The molecule has 0 aliphatic carbocycles. The van der Waals surface area contributed by atoms with Crippen molar-refractivity contribution < 1.29 is 19.7 Å². The summed E-state index contributed by atoms with van der Waals surface area (Å²) in [6.45, 7) is 1.75. The maximum atomic E-state index is 12.1. The van der Waals surface area contributed by atoms with Gasteiger partial charge in [0, 0.05) is 12.1 Å². The lowest BCUT2D eigenvalue weighted by molar-refractivity contribution is -0.394. The Labute approximate surface area is 129 Å². The molecule has 9 heteroatoms. The molecular weight excluding hydrogens is 306 g/mol. The number of carbonyl (C=O) groups excluding carboxylic acids is 1. The quantitative estimate of drug-likeness (QED) is 0.505. The first-order chi connectivity index (χ1) is 10.8. The number of rotatable bonds is 4. The summed E-state index contributed by atoms with van der Waals surface area (Å²) in [4.78, 5) is 32.1. The zero-order valence-corrected chi connectivity index (χ0v) is 11.8. The zero-order valence-electron chi connectivity index (χ0n) is 11.8. The predicted octanol–water partition coefficient (Wildman–Crippen LogP) is 2.77. The number of non-ortho nitro benzene ring substituents is 2. The Kier molecular flexibility index (Phi) is 4.21. The summed E-state index contributed by atoms with van der Waals surface area (Å²) >= 11 is 0. The van der Waals surface area contributed by atoms with E-state index in [0.29, 0.717) is 0 Å². The van der Waals surface area contributed by atoms with Crippen LogP contribution in [0.25, 0.3) is 0 Å². The highest BCUT2D eigenvalue weighted by molar-refractivity contribution is 6.05. The first kappa shape index (κ1) is 15.9. The van der Waals surface area contributed by atoms with Crippen molar-refractivity contribution in [2.24, 2.45) is 0 Å². The van der Waals surface area contributed by atoms with Crippen LogP contribution in [0.5, 0.6) is 5.75 Å². The minimum absolute atomic E-state index is 0.0924. The topological polar surface area (TPSA) is 136 Å². The summed E-state index contributed by atoms with van der Waals surface area (Å²) in [7, 11) is 0. The SMILES string of the molecule is Cc1ccc(NC(=O)c2cc([N+](=O)[O-])cc([N+](=O)[O-])c2)c(O)c1. The fraction of sp³-hybridized carbons (Fsp3) is 0.0714. The van der Waals surface area contributed by atoms with Gasteiger partial charge in [-0.3, -0.25) is 25.0 Å². The summed E-state index contributed by atoms with van der Waals surface area (Å²) in [5, 5.41) is 33.7. The van der Waals surface area contributed by atoms with Crippen LogP contribution in [0, 0.1) is 27.2 Å². The normalized spacial score (nSPS) is 10.1. The molecule has 0 aromatic heterocycles. The van der Waals surface area contributed by atoms with Crippen LogP contribution in [0.3, 0.4) is 0 Å². The van der Waals surface area contributed by atoms with E-state index in [1.165, 1.54) is 12.1 Å². The van der Waals surface area contributed by atoms with Crippen molar-refractivity contribution >= 4 is 23.0 Å². The number of nitro groups is 2. The highest BCUT2D eigenvalue weighted by Crippen LogP contribution is 2.26. The maximum absolute atomic E-state index is 12.1. The van der Waals surface area contributed by atoms with Crippen LogP contribution in [-0.4, -0.2) is 20.9 Å². The van der Waals surface area contributed by atoms with E-state index in [0.717, 1.165) is 23.8 Å². The highest BCUT2D eigenvalue weighted by Gasteiger charge is 2.20. The summed E-state index contributed by atoms with van der Waals surface area (Å²) in [5.74, 6) is -0.991. The Morgan fingerprint density at radius 3 is 2.09 bits per heavy atom. The molecule has 23 heavy (non-hydrogen) atoms. The van der Waals surface area contributed by atoms with Crippen LogP contribution in [0.4, 0.5) is 17.1 Å². The molecule has 0 aliphatic heterocycles. The molecule has 0 saturated carbocycles. The predicted molar refractivity (Wildman–Crippen MR) is 80.5 cm³/mol. The average molecular weight is 317 g/mol. The standard InChI is InChI=1S/C14H11N3O6/c1-8-2-3-12(13(18)4-8)15-14(19)9-5-10(16(20)21)7-11(6-9)17(22)23/h2-7,18H,1H3,(H,15,19). The van der Waals surface area contributed by atoms with Crippen molar-refractivity contribution in [2.75, 3.05) is 5.32 Å². The molecule has 0 saturated heterocycles. The van der Waals surface area contributed by atoms with Crippen molar-refractivity contribution in [3.05, 3.63) is 67.8 Å². The molecule has 2 aromatic carbocycles. The number of nitro benzene ring substituents is 2. The third kappa shape index (κ3) is 3.59. The van der Waals surface area contributed by atoms with Crippen LogP contribution >= 0.6 is 0 Å². The molecule has 0 unspecified atom stereocenters. The highest BCUT2D eigenvalue weighted by atomic mass is 16.6. The summed E-state index contributed by atoms with van der Waals surface area (Å²) in [6.07, 6.45) is 0. The monoisotopic (exact) mass is 317 g/mol. The number of phenolic OH excluding ortho intramolecular Hbond substituents is 1. The van der Waals surface area contributed by atoms with Crippen molar-refractivity contribution in [3.63, 3.8) is 0 Å². The van der Waals surface area contributed by atoms with Crippen LogP contribution in [0.2, 0.25) is 0 Å². The van der Waals surface area contributed by atoms with E-state index in [2.05, 4.69) is 5.32 Å². The van der Waals surface area contributed by atoms with Crippen LogP contribution in [-0.2, 0) is 0 Å². The number of hydrogen-bond acceptors (Lipinski definition) is 6. The van der Waals surface area contributed by atoms with Crippen molar-refractivity contribution in [1.82, 2.24) is 0 Å². The second-order valence-corrected chi connectivity index (χ2v) is 4.73. The van der Waals surface area contributed by atoms with E-state index in [1.807, 2.05) is 0 Å². The molecule has 2 rings (SSSR count). The number of hydrogen-bond donors (Lipinski definition) is 2. The molecule has 2 aromatic rings. The Morgan fingerprint density at radius 2 is 1.61 bits per heavy atom. The van der Waals surface area contributed by atoms with Gasteiger partial charge in [-0.15, -0.1) is 0 Å². The summed E-state index contributed by atoms with van der Waals surface area (Å²) < 4.78 is 0. The lowest BCUT2D eigenvalue weighted by atomic mass is 10.1. The number of carbonyl (C=O) groups is 1. The lowest BCUT2D eigenvalue weighted by Gasteiger charge is -2.08. The van der Waals surface area contributed by atoms with Gasteiger partial charge in [-0.2, -0.15) is 0 Å². The van der Waals surface area contributed by atoms with Crippen LogP contribution < -0.4 is 5.32 Å². The number of aryl methyl sites for hydroxylation is 1. The minimum Gasteiger partial charge on any atom is -0.506 e. The van der Waals surface area contributed by atoms with E-state index < -0.39 is 27.1 Å². The van der Waals surface area contributed by atoms with Crippen molar-refractivity contribution in [2.45, 2.75) is 6.92 Å². The van der Waals surface area contributed by atoms with Gasteiger partial charge in [-0.05, 0) is 24.6 Å². The van der Waals surface area contributed by atoms with Crippen LogP contribution in [0.1, 0.15) is 15.9 Å². The number of nitrogens with zero attached hydrogens (tertiary/aromatic N) is 2. The summed E-state index contributed by atoms with van der Waals surface area (Å²) in [5.41, 5.74) is -0.540. The number of amides is 1. The Balaban J connectivity index is 2.38. The molecule has 0 aliphatic rings. The molecule has 0 radical (unpaired) electrons. The first-order valence-electron chi connectivity index (χ1n) is 6.33. The third-order valence-electron chi connectivity index (χ3n) is 2.99. The van der Waals surface area contributed by atoms with Crippen molar-refractivity contribution in [1.29, 1.82) is 0 Å². The van der Waals surface area contributed by atoms with Gasteiger partial charge < -0.3 is 10.4 Å². The van der Waals surface area contributed by atoms with Crippen molar-refractivity contribution in [3.8, 4) is 5.75 Å². The number of aromatic hydroxyl groups is 1. The Bertz CT molecular complexity index is 786. The van der Waals surface area contributed by atoms with Gasteiger partial charge in [0.1, 0.15) is 5.75 Å². The van der Waals surface area contributed by atoms with Gasteiger partial charge in [-0.1, -0.05) is 6.07 Å². The number of benzene rings is 2. The fourth-order valence-corrected chi connectivity index (χ4v) is 1.88. The number of anilines is 1. The van der Waals surface area contributed by atoms with Gasteiger partial charge in [0.25, 0.3) is 17.3 Å². The minimum atomic E-state index is -0.826. The molecule has 0 heterocycles. The Hall–Kier alpha value is -3.49. The lowest BCUT2D eigenvalue weighted by Crippen LogP contribution is -2.12. The maximum Gasteiger partial charge on any atom is 0.277 e. The van der Waals surface area contributed by atoms with Gasteiger partial charge in [-0.25, -0.2) is 0 Å². The van der Waals surface area contributed by atoms with Gasteiger partial charge in [0.05, 0.1) is 27.2 Å². The number of nitrogens with one attached hydrogen (secondary N) is 1. The molecule has 0 spiro atoms. The largest absolute Gasteiger partial charge is 0.506 e. The zero-order chi connectivity index (χ0) is 17.1. The third-order valence-corrected chi connectivity index (χ3v) is 2.99. The smallest absolute Gasteiger partial charge is 0.277 e. The van der Waals surface area contributed by atoms with E-state index in [1.54, 1.807) is 13.0 Å². The molecular formula is C14H11N3O6. The average Bonchev–Trinajstić information content (AvgIpc) is 2.49. The molecule has 118 valence electrons. The van der Waals surface area contributed by atoms with E-state index in [-0.39, 0.29) is 17.0 Å². The Morgan fingerprint density at radius 1 is 1.04 bits per heavy atom. The molecule has 9 nitrogen and oxygen atoms in total. The second-order valence-electron chi connectivity index (χ2n) is 4.73. The first-order valence-corrected chi connectivity index (χ1v) is 6.33. The molecule has 2 N–H and O–H groups in total. The van der Waals surface area contributed by atoms with E-state index in [4.69, 9.17) is 0 Å². The van der Waals surface area contributed by atoms with E-state index in [9.17, 15) is 30.1 Å². The fourth-order valence-electron chi connectivity index (χ4n) is 1.88. The van der Waals surface area contributed by atoms with Gasteiger partial charge in [0.2, 0.25) is 0 Å². The van der Waals surface area contributed by atoms with Gasteiger partial charge >= 0.3 is 0 Å². The molecule has 1 amide bonds.